The lowest BCUT2D eigenvalue weighted by Gasteiger charge is -2.20. The first kappa shape index (κ1) is 13.1. The minimum absolute atomic E-state index is 0.156. The zero-order valence-electron chi connectivity index (χ0n) is 8.69. The van der Waals surface area contributed by atoms with Crippen LogP contribution in [0.15, 0.2) is 6.07 Å². The van der Waals surface area contributed by atoms with E-state index >= 15 is 0 Å². The fraction of sp³-hybridized carbons (Fsp3) is 0.400. The lowest BCUT2D eigenvalue weighted by Crippen LogP contribution is -2.29. The maximum atomic E-state index is 12.4. The van der Waals surface area contributed by atoms with E-state index in [1.807, 2.05) is 0 Å². The van der Waals surface area contributed by atoms with Crippen LogP contribution in [-0.4, -0.2) is 11.3 Å². The first-order valence-electron chi connectivity index (χ1n) is 4.47. The number of phenolic OH excluding ortho intramolecular Hbond substituents is 1. The highest BCUT2D eigenvalue weighted by molar-refractivity contribution is 6.32. The fourth-order valence-electron chi connectivity index (χ4n) is 1.51. The van der Waals surface area contributed by atoms with Gasteiger partial charge in [-0.25, -0.2) is 0 Å². The van der Waals surface area contributed by atoms with E-state index < -0.39 is 18.0 Å². The zero-order chi connectivity index (χ0) is 12.7. The maximum Gasteiger partial charge on any atom is 0.407 e. The van der Waals surface area contributed by atoms with Crippen LogP contribution < -0.4 is 5.73 Å². The standard InChI is InChI=1S/C10H11ClF3NO/c1-4-3-6(16)7(5(2)8(4)11)9(15)10(12,13)14/h3,9,16H,15H2,1-2H3/t9-/m1/s1. The smallest absolute Gasteiger partial charge is 0.407 e. The van der Waals surface area contributed by atoms with E-state index in [1.165, 1.54) is 13.0 Å². The van der Waals surface area contributed by atoms with E-state index in [2.05, 4.69) is 0 Å². The van der Waals surface area contributed by atoms with Crippen molar-refractivity contribution < 1.29 is 18.3 Å². The van der Waals surface area contributed by atoms with Crippen LogP contribution in [0.4, 0.5) is 13.2 Å². The van der Waals surface area contributed by atoms with Gasteiger partial charge in [0.2, 0.25) is 0 Å². The Morgan fingerprint density at radius 1 is 1.38 bits per heavy atom. The summed E-state index contributed by atoms with van der Waals surface area (Å²) in [7, 11) is 0. The quantitative estimate of drug-likeness (QED) is 0.807. The molecular formula is C10H11ClF3NO. The van der Waals surface area contributed by atoms with Gasteiger partial charge in [0, 0.05) is 10.6 Å². The number of hydrogen-bond donors (Lipinski definition) is 2. The van der Waals surface area contributed by atoms with E-state index in [0.717, 1.165) is 0 Å². The number of phenols is 1. The van der Waals surface area contributed by atoms with Gasteiger partial charge in [-0.3, -0.25) is 0 Å². The lowest BCUT2D eigenvalue weighted by molar-refractivity contribution is -0.149. The highest BCUT2D eigenvalue weighted by Crippen LogP contribution is 2.40. The fourth-order valence-corrected chi connectivity index (χ4v) is 1.66. The summed E-state index contributed by atoms with van der Waals surface area (Å²) < 4.78 is 37.3. The van der Waals surface area contributed by atoms with Gasteiger partial charge in [0.25, 0.3) is 0 Å². The van der Waals surface area contributed by atoms with Crippen molar-refractivity contribution in [2.75, 3.05) is 0 Å². The molecule has 16 heavy (non-hydrogen) atoms. The summed E-state index contributed by atoms with van der Waals surface area (Å²) in [5, 5.41) is 9.68. The third-order valence-electron chi connectivity index (χ3n) is 2.37. The van der Waals surface area contributed by atoms with Crippen molar-refractivity contribution in [3.8, 4) is 5.75 Å². The minimum Gasteiger partial charge on any atom is -0.508 e. The number of aryl methyl sites for hydroxylation is 1. The first-order chi connectivity index (χ1) is 7.16. The zero-order valence-corrected chi connectivity index (χ0v) is 9.45. The third-order valence-corrected chi connectivity index (χ3v) is 2.95. The normalized spacial score (nSPS) is 13.9. The highest BCUT2D eigenvalue weighted by Gasteiger charge is 2.40. The lowest BCUT2D eigenvalue weighted by atomic mass is 9.98. The molecule has 0 amide bonds. The molecule has 0 aliphatic rings. The van der Waals surface area contributed by atoms with Crippen LogP contribution in [-0.2, 0) is 0 Å². The molecule has 0 aliphatic heterocycles. The van der Waals surface area contributed by atoms with Crippen LogP contribution in [0, 0.1) is 13.8 Å². The Morgan fingerprint density at radius 3 is 2.31 bits per heavy atom. The molecule has 0 spiro atoms. The van der Waals surface area contributed by atoms with Gasteiger partial charge in [0.1, 0.15) is 11.8 Å². The second-order valence-electron chi connectivity index (χ2n) is 3.58. The molecule has 0 aromatic heterocycles. The van der Waals surface area contributed by atoms with Crippen molar-refractivity contribution in [1.82, 2.24) is 0 Å². The largest absolute Gasteiger partial charge is 0.508 e. The second-order valence-corrected chi connectivity index (χ2v) is 3.96. The highest BCUT2D eigenvalue weighted by atomic mass is 35.5. The number of aromatic hydroxyl groups is 1. The van der Waals surface area contributed by atoms with Crippen LogP contribution in [0.3, 0.4) is 0 Å². The van der Waals surface area contributed by atoms with Crippen molar-refractivity contribution in [3.63, 3.8) is 0 Å². The number of halogens is 4. The monoisotopic (exact) mass is 253 g/mol. The molecular weight excluding hydrogens is 243 g/mol. The van der Waals surface area contributed by atoms with Gasteiger partial charge in [0.15, 0.2) is 0 Å². The molecule has 1 aromatic rings. The molecule has 0 heterocycles. The Morgan fingerprint density at radius 2 is 1.88 bits per heavy atom. The predicted octanol–water partition coefficient (Wildman–Crippen LogP) is 3.22. The molecule has 2 nitrogen and oxygen atoms in total. The predicted molar refractivity (Wildman–Crippen MR) is 55.6 cm³/mol. The Balaban J connectivity index is 3.40. The van der Waals surface area contributed by atoms with Crippen LogP contribution >= 0.6 is 11.6 Å². The maximum absolute atomic E-state index is 12.4. The molecule has 0 aliphatic carbocycles. The van der Waals surface area contributed by atoms with E-state index in [9.17, 15) is 18.3 Å². The molecule has 0 fully saturated rings. The van der Waals surface area contributed by atoms with Gasteiger partial charge in [-0.1, -0.05) is 11.6 Å². The van der Waals surface area contributed by atoms with Crippen LogP contribution in [0.2, 0.25) is 5.02 Å². The van der Waals surface area contributed by atoms with Crippen molar-refractivity contribution in [2.24, 2.45) is 5.73 Å². The van der Waals surface area contributed by atoms with Crippen LogP contribution in [0.25, 0.3) is 0 Å². The van der Waals surface area contributed by atoms with Crippen LogP contribution in [0.1, 0.15) is 22.7 Å². The number of rotatable bonds is 1. The van der Waals surface area contributed by atoms with Gasteiger partial charge in [-0.2, -0.15) is 13.2 Å². The summed E-state index contributed by atoms with van der Waals surface area (Å²) in [6, 6.07) is -1.05. The Bertz CT molecular complexity index is 418. The second kappa shape index (κ2) is 4.14. The molecule has 0 saturated carbocycles. The molecule has 0 bridgehead atoms. The van der Waals surface area contributed by atoms with Gasteiger partial charge in [-0.05, 0) is 31.0 Å². The van der Waals surface area contributed by atoms with E-state index in [0.29, 0.717) is 5.56 Å². The van der Waals surface area contributed by atoms with E-state index in [1.54, 1.807) is 6.92 Å². The van der Waals surface area contributed by atoms with Crippen molar-refractivity contribution in [3.05, 3.63) is 27.8 Å². The van der Waals surface area contributed by atoms with Gasteiger partial charge >= 0.3 is 6.18 Å². The van der Waals surface area contributed by atoms with E-state index in [-0.39, 0.29) is 16.1 Å². The summed E-state index contributed by atoms with van der Waals surface area (Å²) >= 11 is 5.81. The number of alkyl halides is 3. The summed E-state index contributed by atoms with van der Waals surface area (Å²) in [5.74, 6) is -0.482. The molecule has 1 atom stereocenters. The first-order valence-corrected chi connectivity index (χ1v) is 4.85. The SMILES string of the molecule is Cc1cc(O)c([C@@H](N)C(F)(F)F)c(C)c1Cl. The molecule has 1 aromatic carbocycles. The summed E-state index contributed by atoms with van der Waals surface area (Å²) in [4.78, 5) is 0. The Kier molecular flexibility index (Phi) is 3.40. The average Bonchev–Trinajstić information content (AvgIpc) is 2.13. The Labute approximate surface area is 95.8 Å². The number of nitrogens with two attached hydrogens (primary N) is 1. The molecule has 3 N–H and O–H groups in total. The van der Waals surface area contributed by atoms with Gasteiger partial charge < -0.3 is 10.8 Å². The van der Waals surface area contributed by atoms with E-state index in [4.69, 9.17) is 17.3 Å². The van der Waals surface area contributed by atoms with Crippen molar-refractivity contribution >= 4 is 11.6 Å². The molecule has 0 saturated heterocycles. The molecule has 90 valence electrons. The van der Waals surface area contributed by atoms with Crippen LogP contribution in [0.5, 0.6) is 5.75 Å². The summed E-state index contributed by atoms with van der Waals surface area (Å²) in [6.45, 7) is 2.99. The summed E-state index contributed by atoms with van der Waals surface area (Å²) in [5.41, 5.74) is 5.34. The minimum atomic E-state index is -4.61. The third kappa shape index (κ3) is 2.25. The molecule has 6 heteroatoms. The van der Waals surface area contributed by atoms with Gasteiger partial charge in [0.05, 0.1) is 0 Å². The average molecular weight is 254 g/mol. The number of benzene rings is 1. The molecule has 0 radical (unpaired) electrons. The Hall–Kier alpha value is -0.940. The molecule has 0 unspecified atom stereocenters. The number of hydrogen-bond acceptors (Lipinski definition) is 2. The van der Waals surface area contributed by atoms with Gasteiger partial charge in [-0.15, -0.1) is 0 Å². The summed E-state index contributed by atoms with van der Waals surface area (Å²) in [6.07, 6.45) is -4.61. The van der Waals surface area contributed by atoms with Crippen molar-refractivity contribution in [2.45, 2.75) is 26.1 Å². The van der Waals surface area contributed by atoms with Crippen molar-refractivity contribution in [1.29, 1.82) is 0 Å². The topological polar surface area (TPSA) is 46.2 Å². The molecule has 1 rings (SSSR count).